The van der Waals surface area contributed by atoms with E-state index in [0.29, 0.717) is 23.7 Å². The number of amides is 1. The van der Waals surface area contributed by atoms with Gasteiger partial charge in [-0.25, -0.2) is 8.42 Å². The third-order valence-electron chi connectivity index (χ3n) is 4.34. The Morgan fingerprint density at radius 1 is 1.22 bits per heavy atom. The number of rotatable bonds is 5. The number of nitrogens with zero attached hydrogens (tertiary/aromatic N) is 1. The lowest BCUT2D eigenvalue weighted by atomic mass is 10.2. The summed E-state index contributed by atoms with van der Waals surface area (Å²) in [7, 11) is -1.90. The van der Waals surface area contributed by atoms with E-state index in [-0.39, 0.29) is 18.9 Å². The summed E-state index contributed by atoms with van der Waals surface area (Å²) in [6, 6.07) is 14.2. The van der Waals surface area contributed by atoms with Crippen LogP contribution in [0.2, 0.25) is 0 Å². The minimum atomic E-state index is -3.47. The molecule has 1 aliphatic rings. The highest BCUT2D eigenvalue weighted by atomic mass is 32.2. The Bertz CT molecular complexity index is 929. The van der Waals surface area contributed by atoms with Crippen LogP contribution in [0.3, 0.4) is 0 Å². The molecular weight excluding hydrogens is 368 g/mol. The number of hydrogen-bond acceptors (Lipinski definition) is 5. The Balaban J connectivity index is 1.75. The SMILES string of the molecule is COc1ccccc1CNC(=O)[C@H]1CCN(S(C)(=O)=O)c2ccccc2O1. The zero-order chi connectivity index (χ0) is 19.4. The van der Waals surface area contributed by atoms with Crippen LogP contribution in [0, 0.1) is 0 Å². The molecule has 1 aliphatic heterocycles. The number of methoxy groups -OCH3 is 1. The monoisotopic (exact) mass is 390 g/mol. The molecule has 0 aliphatic carbocycles. The Morgan fingerprint density at radius 2 is 1.93 bits per heavy atom. The van der Waals surface area contributed by atoms with Crippen LogP contribution >= 0.6 is 0 Å². The molecule has 1 atom stereocenters. The summed E-state index contributed by atoms with van der Waals surface area (Å²) in [5, 5.41) is 2.84. The number of fused-ring (bicyclic) bond motifs is 1. The lowest BCUT2D eigenvalue weighted by molar-refractivity contribution is -0.128. The molecule has 2 aromatic rings. The molecule has 27 heavy (non-hydrogen) atoms. The first kappa shape index (κ1) is 19.0. The Morgan fingerprint density at radius 3 is 2.67 bits per heavy atom. The highest BCUT2D eigenvalue weighted by molar-refractivity contribution is 7.92. The molecular formula is C19H22N2O5S. The summed E-state index contributed by atoms with van der Waals surface area (Å²) in [6.45, 7) is 0.461. The second kappa shape index (κ2) is 7.87. The number of carbonyl (C=O) groups is 1. The van der Waals surface area contributed by atoms with E-state index in [9.17, 15) is 13.2 Å². The summed E-state index contributed by atoms with van der Waals surface area (Å²) in [5.74, 6) is 0.761. The number of benzene rings is 2. The van der Waals surface area contributed by atoms with E-state index in [4.69, 9.17) is 9.47 Å². The first-order valence-electron chi connectivity index (χ1n) is 8.53. The van der Waals surface area contributed by atoms with Gasteiger partial charge in [0, 0.05) is 25.1 Å². The minimum absolute atomic E-state index is 0.169. The van der Waals surface area contributed by atoms with Crippen LogP contribution in [-0.4, -0.2) is 40.3 Å². The van der Waals surface area contributed by atoms with Gasteiger partial charge in [0.15, 0.2) is 6.10 Å². The number of sulfonamides is 1. The summed E-state index contributed by atoms with van der Waals surface area (Å²) in [5.41, 5.74) is 1.29. The van der Waals surface area contributed by atoms with Crippen molar-refractivity contribution in [3.05, 3.63) is 54.1 Å². The number of hydrogen-bond donors (Lipinski definition) is 1. The van der Waals surface area contributed by atoms with E-state index in [1.807, 2.05) is 24.3 Å². The zero-order valence-corrected chi connectivity index (χ0v) is 16.0. The molecule has 2 aromatic carbocycles. The molecule has 1 amide bonds. The molecule has 1 N–H and O–H groups in total. The average molecular weight is 390 g/mol. The van der Waals surface area contributed by atoms with E-state index in [1.54, 1.807) is 31.4 Å². The molecule has 0 bridgehead atoms. The molecule has 144 valence electrons. The fraction of sp³-hybridized carbons (Fsp3) is 0.316. The second-order valence-electron chi connectivity index (χ2n) is 6.23. The standard InChI is InChI=1S/C19H22N2O5S/c1-25-16-9-5-3-7-14(16)13-20-19(22)18-11-12-21(27(2,23)24)15-8-4-6-10-17(15)26-18/h3-10,18H,11-13H2,1-2H3,(H,20,22)/t18-/m1/s1. The van der Waals surface area contributed by atoms with Crippen LogP contribution in [0.5, 0.6) is 11.5 Å². The number of para-hydroxylation sites is 3. The summed E-state index contributed by atoms with van der Waals surface area (Å²) < 4.78 is 36.6. The second-order valence-corrected chi connectivity index (χ2v) is 8.13. The first-order valence-corrected chi connectivity index (χ1v) is 10.4. The van der Waals surface area contributed by atoms with Crippen LogP contribution in [0.1, 0.15) is 12.0 Å². The van der Waals surface area contributed by atoms with Crippen molar-refractivity contribution in [1.29, 1.82) is 0 Å². The molecule has 1 heterocycles. The molecule has 0 saturated heterocycles. The minimum Gasteiger partial charge on any atom is -0.496 e. The van der Waals surface area contributed by atoms with Gasteiger partial charge < -0.3 is 14.8 Å². The van der Waals surface area contributed by atoms with Gasteiger partial charge in [-0.3, -0.25) is 9.10 Å². The lowest BCUT2D eigenvalue weighted by Crippen LogP contribution is -2.39. The molecule has 0 radical (unpaired) electrons. The first-order chi connectivity index (χ1) is 12.9. The topological polar surface area (TPSA) is 84.9 Å². The summed E-state index contributed by atoms with van der Waals surface area (Å²) in [4.78, 5) is 12.6. The van der Waals surface area contributed by atoms with Gasteiger partial charge in [0.2, 0.25) is 10.0 Å². The molecule has 3 rings (SSSR count). The van der Waals surface area contributed by atoms with Crippen molar-refractivity contribution in [3.63, 3.8) is 0 Å². The van der Waals surface area contributed by atoms with Crippen LogP contribution in [-0.2, 0) is 21.4 Å². The predicted octanol–water partition coefficient (Wildman–Crippen LogP) is 1.93. The Kier molecular flexibility index (Phi) is 5.55. The Labute approximate surface area is 158 Å². The normalized spacial score (nSPS) is 16.7. The lowest BCUT2D eigenvalue weighted by Gasteiger charge is -2.20. The number of ether oxygens (including phenoxy) is 2. The van der Waals surface area contributed by atoms with Gasteiger partial charge in [0.1, 0.15) is 11.5 Å². The summed E-state index contributed by atoms with van der Waals surface area (Å²) >= 11 is 0. The van der Waals surface area contributed by atoms with Crippen molar-refractivity contribution in [2.45, 2.75) is 19.1 Å². The van der Waals surface area contributed by atoms with Gasteiger partial charge in [-0.2, -0.15) is 0 Å². The third kappa shape index (κ3) is 4.33. The average Bonchev–Trinajstić information content (AvgIpc) is 2.86. The van der Waals surface area contributed by atoms with E-state index < -0.39 is 16.1 Å². The van der Waals surface area contributed by atoms with Crippen LogP contribution in [0.4, 0.5) is 5.69 Å². The van der Waals surface area contributed by atoms with Crippen LogP contribution < -0.4 is 19.1 Å². The predicted molar refractivity (Wildman–Crippen MR) is 103 cm³/mol. The molecule has 0 aromatic heterocycles. The fourth-order valence-electron chi connectivity index (χ4n) is 3.00. The van der Waals surface area contributed by atoms with Gasteiger partial charge in [-0.1, -0.05) is 30.3 Å². The number of carbonyl (C=O) groups excluding carboxylic acids is 1. The highest BCUT2D eigenvalue weighted by Gasteiger charge is 2.30. The van der Waals surface area contributed by atoms with Gasteiger partial charge >= 0.3 is 0 Å². The maximum Gasteiger partial charge on any atom is 0.261 e. The maximum atomic E-state index is 12.6. The smallest absolute Gasteiger partial charge is 0.261 e. The van der Waals surface area contributed by atoms with E-state index >= 15 is 0 Å². The van der Waals surface area contributed by atoms with Gasteiger partial charge in [0.05, 0.1) is 19.1 Å². The van der Waals surface area contributed by atoms with Crippen molar-refractivity contribution < 1.29 is 22.7 Å². The van der Waals surface area contributed by atoms with Crippen molar-refractivity contribution in [2.24, 2.45) is 0 Å². The van der Waals surface area contributed by atoms with Crippen molar-refractivity contribution in [1.82, 2.24) is 5.32 Å². The van der Waals surface area contributed by atoms with Crippen LogP contribution in [0.25, 0.3) is 0 Å². The third-order valence-corrected chi connectivity index (χ3v) is 5.52. The summed E-state index contributed by atoms with van der Waals surface area (Å²) in [6.07, 6.45) is 0.610. The van der Waals surface area contributed by atoms with Crippen molar-refractivity contribution in [2.75, 3.05) is 24.2 Å². The molecule has 0 saturated carbocycles. The Hall–Kier alpha value is -2.74. The largest absolute Gasteiger partial charge is 0.496 e. The molecule has 0 unspecified atom stereocenters. The van der Waals surface area contributed by atoms with Crippen molar-refractivity contribution in [3.8, 4) is 11.5 Å². The molecule has 0 fully saturated rings. The van der Waals surface area contributed by atoms with E-state index in [0.717, 1.165) is 11.8 Å². The maximum absolute atomic E-state index is 12.6. The highest BCUT2D eigenvalue weighted by Crippen LogP contribution is 2.33. The van der Waals surface area contributed by atoms with E-state index in [1.165, 1.54) is 4.31 Å². The zero-order valence-electron chi connectivity index (χ0n) is 15.2. The fourth-order valence-corrected chi connectivity index (χ4v) is 3.95. The van der Waals surface area contributed by atoms with Gasteiger partial charge in [0.25, 0.3) is 5.91 Å². The molecule has 0 spiro atoms. The van der Waals surface area contributed by atoms with Gasteiger partial charge in [-0.15, -0.1) is 0 Å². The number of anilines is 1. The van der Waals surface area contributed by atoms with Crippen LogP contribution in [0.15, 0.2) is 48.5 Å². The quantitative estimate of drug-likeness (QED) is 0.843. The van der Waals surface area contributed by atoms with Gasteiger partial charge in [-0.05, 0) is 18.2 Å². The molecule has 7 nitrogen and oxygen atoms in total. The number of nitrogens with one attached hydrogen (secondary N) is 1. The van der Waals surface area contributed by atoms with Crippen molar-refractivity contribution >= 4 is 21.6 Å². The van der Waals surface area contributed by atoms with E-state index in [2.05, 4.69) is 5.32 Å². The molecule has 8 heteroatoms.